The van der Waals surface area contributed by atoms with Crippen LogP contribution in [0.5, 0.6) is 0 Å². The average Bonchev–Trinajstić information content (AvgIpc) is 3.52. The largest absolute Gasteiger partial charge is 0.455 e. The molecule has 37 heavy (non-hydrogen) atoms. The normalized spacial score (nSPS) is 11.8. The van der Waals surface area contributed by atoms with E-state index in [4.69, 9.17) is 4.42 Å². The van der Waals surface area contributed by atoms with Crippen LogP contribution in [0, 0.1) is 0 Å². The molecule has 0 amide bonds. The number of para-hydroxylation sites is 2. The summed E-state index contributed by atoms with van der Waals surface area (Å²) in [6.45, 7) is 0. The zero-order chi connectivity index (χ0) is 24.3. The van der Waals surface area contributed by atoms with Gasteiger partial charge < -0.3 is 9.32 Å². The van der Waals surface area contributed by atoms with Crippen LogP contribution in [-0.2, 0) is 0 Å². The van der Waals surface area contributed by atoms with E-state index in [2.05, 4.69) is 120 Å². The Labute approximate surface area is 217 Å². The monoisotopic (exact) mass is 491 g/mol. The fourth-order valence-electron chi connectivity index (χ4n) is 5.58. The van der Waals surface area contributed by atoms with Gasteiger partial charge in [0.1, 0.15) is 11.2 Å². The van der Waals surface area contributed by atoms with Crippen molar-refractivity contribution >= 4 is 81.3 Å². The molecule has 2 heterocycles. The Hall–Kier alpha value is -4.60. The van der Waals surface area contributed by atoms with Crippen molar-refractivity contribution in [2.24, 2.45) is 0 Å². The molecule has 0 N–H and O–H groups in total. The highest BCUT2D eigenvalue weighted by molar-refractivity contribution is 7.25. The first-order valence-electron chi connectivity index (χ1n) is 12.4. The van der Waals surface area contributed by atoms with Gasteiger partial charge in [-0.3, -0.25) is 0 Å². The lowest BCUT2D eigenvalue weighted by Gasteiger charge is -2.27. The number of fused-ring (bicyclic) bond motifs is 8. The summed E-state index contributed by atoms with van der Waals surface area (Å²) in [6, 6.07) is 45.3. The summed E-state index contributed by atoms with van der Waals surface area (Å²) in [5.74, 6) is 0. The van der Waals surface area contributed by atoms with Crippen LogP contribution in [0.15, 0.2) is 132 Å². The average molecular weight is 492 g/mol. The summed E-state index contributed by atoms with van der Waals surface area (Å²) in [6.07, 6.45) is 0. The molecule has 0 saturated heterocycles. The molecule has 6 aromatic carbocycles. The van der Waals surface area contributed by atoms with Crippen LogP contribution in [0.25, 0.3) is 52.9 Å². The number of hydrogen-bond donors (Lipinski definition) is 0. The zero-order valence-electron chi connectivity index (χ0n) is 19.9. The minimum absolute atomic E-state index is 0.914. The van der Waals surface area contributed by atoms with E-state index in [9.17, 15) is 0 Å². The quantitative estimate of drug-likeness (QED) is 0.244. The van der Waals surface area contributed by atoms with Crippen molar-refractivity contribution in [3.05, 3.63) is 127 Å². The lowest BCUT2D eigenvalue weighted by Crippen LogP contribution is -2.10. The van der Waals surface area contributed by atoms with Crippen LogP contribution in [0.1, 0.15) is 0 Å². The van der Waals surface area contributed by atoms with E-state index in [1.54, 1.807) is 0 Å². The van der Waals surface area contributed by atoms with Crippen LogP contribution >= 0.6 is 11.3 Å². The van der Waals surface area contributed by atoms with E-state index >= 15 is 0 Å². The highest BCUT2D eigenvalue weighted by Crippen LogP contribution is 2.45. The predicted molar refractivity (Wildman–Crippen MR) is 159 cm³/mol. The molecule has 0 radical (unpaired) electrons. The molecular weight excluding hydrogens is 470 g/mol. The van der Waals surface area contributed by atoms with Gasteiger partial charge in [0.15, 0.2) is 0 Å². The number of hydrogen-bond acceptors (Lipinski definition) is 3. The Morgan fingerprint density at radius 3 is 2.22 bits per heavy atom. The van der Waals surface area contributed by atoms with Crippen molar-refractivity contribution in [1.29, 1.82) is 0 Å². The van der Waals surface area contributed by atoms with Gasteiger partial charge in [-0.05, 0) is 60.0 Å². The SMILES string of the molecule is c1ccc(N(c2ccc3sc4ccccc4c3c2)c2cccc3ccc4c5ccccc5oc4c23)cc1. The number of nitrogens with zero attached hydrogens (tertiary/aromatic N) is 1. The Morgan fingerprint density at radius 1 is 0.514 bits per heavy atom. The molecule has 8 aromatic rings. The van der Waals surface area contributed by atoms with E-state index in [1.807, 2.05) is 23.5 Å². The molecule has 0 atom stereocenters. The van der Waals surface area contributed by atoms with Gasteiger partial charge in [-0.25, -0.2) is 0 Å². The summed E-state index contributed by atoms with van der Waals surface area (Å²) >= 11 is 1.85. The first-order chi connectivity index (χ1) is 18.3. The van der Waals surface area contributed by atoms with Gasteiger partial charge in [-0.1, -0.05) is 72.8 Å². The van der Waals surface area contributed by atoms with Crippen LogP contribution in [0.4, 0.5) is 17.1 Å². The second-order valence-corrected chi connectivity index (χ2v) is 10.4. The van der Waals surface area contributed by atoms with E-state index < -0.39 is 0 Å². The van der Waals surface area contributed by atoms with E-state index in [1.165, 1.54) is 20.2 Å². The molecule has 0 bridgehead atoms. The van der Waals surface area contributed by atoms with Crippen LogP contribution in [0.3, 0.4) is 0 Å². The summed E-state index contributed by atoms with van der Waals surface area (Å²) in [5.41, 5.74) is 5.19. The molecule has 0 saturated carbocycles. The molecule has 0 aliphatic heterocycles. The summed E-state index contributed by atoms with van der Waals surface area (Å²) in [4.78, 5) is 2.36. The third-order valence-electron chi connectivity index (χ3n) is 7.24. The van der Waals surface area contributed by atoms with Crippen molar-refractivity contribution in [1.82, 2.24) is 0 Å². The van der Waals surface area contributed by atoms with Gasteiger partial charge in [-0.2, -0.15) is 0 Å². The van der Waals surface area contributed by atoms with Crippen molar-refractivity contribution in [3.8, 4) is 0 Å². The lowest BCUT2D eigenvalue weighted by atomic mass is 10.0. The van der Waals surface area contributed by atoms with Crippen LogP contribution in [-0.4, -0.2) is 0 Å². The molecular formula is C34H21NOS. The predicted octanol–water partition coefficient (Wildman–Crippen LogP) is 10.6. The fourth-order valence-corrected chi connectivity index (χ4v) is 6.66. The van der Waals surface area contributed by atoms with Gasteiger partial charge in [-0.15, -0.1) is 11.3 Å². The summed E-state index contributed by atoms with van der Waals surface area (Å²) in [5, 5.41) is 7.15. The van der Waals surface area contributed by atoms with E-state index in [0.717, 1.165) is 49.8 Å². The summed E-state index contributed by atoms with van der Waals surface area (Å²) in [7, 11) is 0. The Bertz CT molecular complexity index is 2100. The molecule has 0 unspecified atom stereocenters. The molecule has 0 fully saturated rings. The second kappa shape index (κ2) is 7.95. The smallest absolute Gasteiger partial charge is 0.145 e. The lowest BCUT2D eigenvalue weighted by molar-refractivity contribution is 0.672. The van der Waals surface area contributed by atoms with Crippen molar-refractivity contribution in [2.75, 3.05) is 4.90 Å². The highest BCUT2D eigenvalue weighted by Gasteiger charge is 2.20. The molecule has 2 aromatic heterocycles. The molecule has 0 spiro atoms. The first-order valence-corrected chi connectivity index (χ1v) is 13.3. The van der Waals surface area contributed by atoms with Gasteiger partial charge in [0.2, 0.25) is 0 Å². The third kappa shape index (κ3) is 3.11. The highest BCUT2D eigenvalue weighted by atomic mass is 32.1. The number of thiophene rings is 1. The molecule has 0 aliphatic carbocycles. The standard InChI is InChI=1S/C34H21NOS/c1-2-10-23(11-3-1)35(24-18-20-32-28(21-24)26-13-5-7-16-31(26)37-32)29-14-8-9-22-17-19-27-25-12-4-6-15-30(25)36-34(27)33(22)29/h1-21H. The maximum absolute atomic E-state index is 6.52. The minimum Gasteiger partial charge on any atom is -0.455 e. The third-order valence-corrected chi connectivity index (χ3v) is 8.39. The number of anilines is 3. The molecule has 2 nitrogen and oxygen atoms in total. The maximum Gasteiger partial charge on any atom is 0.145 e. The second-order valence-electron chi connectivity index (χ2n) is 9.37. The zero-order valence-corrected chi connectivity index (χ0v) is 20.7. The van der Waals surface area contributed by atoms with Gasteiger partial charge in [0.05, 0.1) is 5.69 Å². The van der Waals surface area contributed by atoms with Crippen molar-refractivity contribution < 1.29 is 4.42 Å². The first kappa shape index (κ1) is 20.6. The summed E-state index contributed by atoms with van der Waals surface area (Å²) < 4.78 is 9.14. The minimum atomic E-state index is 0.914. The van der Waals surface area contributed by atoms with E-state index in [0.29, 0.717) is 0 Å². The number of furan rings is 1. The van der Waals surface area contributed by atoms with Crippen LogP contribution < -0.4 is 4.90 Å². The Balaban J connectivity index is 1.46. The Kier molecular flexibility index (Phi) is 4.42. The molecule has 174 valence electrons. The molecule has 0 aliphatic rings. The van der Waals surface area contributed by atoms with Crippen LogP contribution in [0.2, 0.25) is 0 Å². The number of rotatable bonds is 3. The Morgan fingerprint density at radius 2 is 1.30 bits per heavy atom. The fraction of sp³-hybridized carbons (Fsp3) is 0. The van der Waals surface area contributed by atoms with Gasteiger partial charge in [0, 0.05) is 47.7 Å². The topological polar surface area (TPSA) is 16.4 Å². The molecule has 3 heteroatoms. The van der Waals surface area contributed by atoms with Gasteiger partial charge >= 0.3 is 0 Å². The molecule has 8 rings (SSSR count). The number of benzene rings is 6. The van der Waals surface area contributed by atoms with Gasteiger partial charge in [0.25, 0.3) is 0 Å². The van der Waals surface area contributed by atoms with E-state index in [-0.39, 0.29) is 0 Å². The maximum atomic E-state index is 6.52. The van der Waals surface area contributed by atoms with Crippen molar-refractivity contribution in [2.45, 2.75) is 0 Å². The van der Waals surface area contributed by atoms with Crippen molar-refractivity contribution in [3.63, 3.8) is 0 Å².